The van der Waals surface area contributed by atoms with Gasteiger partial charge in [0.2, 0.25) is 5.91 Å². The highest BCUT2D eigenvalue weighted by atomic mass is 16.5. The minimum atomic E-state index is -0.136. The average Bonchev–Trinajstić information content (AvgIpc) is 2.54. The van der Waals surface area contributed by atoms with Crippen molar-refractivity contribution in [2.45, 2.75) is 19.3 Å². The Balaban J connectivity index is 1.92. The number of nitrogens with zero attached hydrogens (tertiary/aromatic N) is 3. The van der Waals surface area contributed by atoms with Gasteiger partial charge in [0.1, 0.15) is 0 Å². The smallest absolute Gasteiger partial charge is 0.268 e. The lowest BCUT2D eigenvalue weighted by Crippen LogP contribution is -2.43. The number of ether oxygens (including phenoxy) is 1. The van der Waals surface area contributed by atoms with Crippen LogP contribution in [0, 0.1) is 5.92 Å². The Morgan fingerprint density at radius 3 is 3.09 bits per heavy atom. The molecule has 1 atom stereocenters. The van der Waals surface area contributed by atoms with Gasteiger partial charge in [-0.3, -0.25) is 9.59 Å². The Bertz CT molecular complexity index is 558. The summed E-state index contributed by atoms with van der Waals surface area (Å²) in [5.74, 6) is 0.0398. The minimum absolute atomic E-state index is 0.0413. The predicted molar refractivity (Wildman–Crippen MR) is 83.9 cm³/mol. The molecule has 1 fully saturated rings. The molecule has 1 aromatic heterocycles. The van der Waals surface area contributed by atoms with E-state index in [0.29, 0.717) is 19.7 Å². The van der Waals surface area contributed by atoms with Crippen molar-refractivity contribution in [2.75, 3.05) is 38.3 Å². The first-order valence-electron chi connectivity index (χ1n) is 7.67. The van der Waals surface area contributed by atoms with Crippen LogP contribution in [0.5, 0.6) is 0 Å². The number of amides is 1. The van der Waals surface area contributed by atoms with Crippen LogP contribution in [0.2, 0.25) is 0 Å². The molecule has 1 N–H and O–H groups in total. The Kier molecular flexibility index (Phi) is 5.94. The van der Waals surface area contributed by atoms with E-state index in [4.69, 9.17) is 4.74 Å². The lowest BCUT2D eigenvalue weighted by atomic mass is 9.97. The second-order valence-electron chi connectivity index (χ2n) is 5.60. The number of carbonyl (C=O) groups excluding carboxylic acids is 1. The number of piperidine rings is 1. The largest absolute Gasteiger partial charge is 0.385 e. The lowest BCUT2D eigenvalue weighted by molar-refractivity contribution is -0.125. The van der Waals surface area contributed by atoms with Crippen molar-refractivity contribution in [2.24, 2.45) is 13.0 Å². The molecule has 1 amide bonds. The highest BCUT2D eigenvalue weighted by Crippen LogP contribution is 2.21. The van der Waals surface area contributed by atoms with E-state index in [1.807, 2.05) is 0 Å². The van der Waals surface area contributed by atoms with Gasteiger partial charge in [-0.1, -0.05) is 0 Å². The highest BCUT2D eigenvalue weighted by molar-refractivity contribution is 5.79. The van der Waals surface area contributed by atoms with Gasteiger partial charge in [0, 0.05) is 46.5 Å². The van der Waals surface area contributed by atoms with Crippen LogP contribution in [0.4, 0.5) is 5.69 Å². The van der Waals surface area contributed by atoms with E-state index < -0.39 is 0 Å². The van der Waals surface area contributed by atoms with E-state index in [1.165, 1.54) is 4.68 Å². The zero-order chi connectivity index (χ0) is 15.9. The number of aryl methyl sites for hydroxylation is 1. The zero-order valence-corrected chi connectivity index (χ0v) is 13.2. The van der Waals surface area contributed by atoms with E-state index in [-0.39, 0.29) is 17.4 Å². The summed E-state index contributed by atoms with van der Waals surface area (Å²) < 4.78 is 6.27. The van der Waals surface area contributed by atoms with Crippen LogP contribution in [0.15, 0.2) is 17.1 Å². The molecule has 0 saturated carbocycles. The van der Waals surface area contributed by atoms with Crippen LogP contribution < -0.4 is 15.8 Å². The molecular weight excluding hydrogens is 284 g/mol. The molecule has 1 aromatic rings. The predicted octanol–water partition coefficient (Wildman–Crippen LogP) is 0.149. The van der Waals surface area contributed by atoms with Gasteiger partial charge in [-0.05, 0) is 19.3 Å². The summed E-state index contributed by atoms with van der Waals surface area (Å²) in [5.41, 5.74) is 0.656. The minimum Gasteiger partial charge on any atom is -0.385 e. The van der Waals surface area contributed by atoms with Gasteiger partial charge >= 0.3 is 0 Å². The Hall–Kier alpha value is -1.89. The van der Waals surface area contributed by atoms with E-state index in [0.717, 1.165) is 31.5 Å². The van der Waals surface area contributed by atoms with E-state index in [1.54, 1.807) is 26.4 Å². The highest BCUT2D eigenvalue weighted by Gasteiger charge is 2.26. The molecule has 2 heterocycles. The lowest BCUT2D eigenvalue weighted by Gasteiger charge is -2.33. The van der Waals surface area contributed by atoms with Crippen LogP contribution in [0.1, 0.15) is 19.3 Å². The third-order valence-electron chi connectivity index (χ3n) is 3.94. The Labute approximate surface area is 130 Å². The van der Waals surface area contributed by atoms with Gasteiger partial charge in [0.25, 0.3) is 5.56 Å². The van der Waals surface area contributed by atoms with Gasteiger partial charge in [-0.25, -0.2) is 4.68 Å². The second kappa shape index (κ2) is 7.93. The molecule has 2 rings (SSSR count). The van der Waals surface area contributed by atoms with Crippen molar-refractivity contribution in [1.82, 2.24) is 15.1 Å². The van der Waals surface area contributed by atoms with Gasteiger partial charge in [0.05, 0.1) is 17.8 Å². The Morgan fingerprint density at radius 2 is 2.36 bits per heavy atom. The second-order valence-corrected chi connectivity index (χ2v) is 5.60. The van der Waals surface area contributed by atoms with Gasteiger partial charge in [-0.2, -0.15) is 5.10 Å². The summed E-state index contributed by atoms with van der Waals surface area (Å²) >= 11 is 0. The summed E-state index contributed by atoms with van der Waals surface area (Å²) in [7, 11) is 3.28. The number of methoxy groups -OCH3 is 1. The molecule has 7 nitrogen and oxygen atoms in total. The fourth-order valence-electron chi connectivity index (χ4n) is 2.63. The number of hydrogen-bond donors (Lipinski definition) is 1. The van der Waals surface area contributed by atoms with Crippen LogP contribution >= 0.6 is 0 Å². The maximum atomic E-state index is 12.2. The first kappa shape index (κ1) is 16.5. The fraction of sp³-hybridized carbons (Fsp3) is 0.667. The van der Waals surface area contributed by atoms with Crippen LogP contribution in [0.3, 0.4) is 0 Å². The van der Waals surface area contributed by atoms with Crippen molar-refractivity contribution in [3.63, 3.8) is 0 Å². The molecule has 122 valence electrons. The van der Waals surface area contributed by atoms with E-state index >= 15 is 0 Å². The number of hydrogen-bond acceptors (Lipinski definition) is 5. The first-order chi connectivity index (χ1) is 10.6. The molecule has 1 aliphatic rings. The summed E-state index contributed by atoms with van der Waals surface area (Å²) in [4.78, 5) is 25.9. The zero-order valence-electron chi connectivity index (χ0n) is 13.2. The van der Waals surface area contributed by atoms with Crippen molar-refractivity contribution in [3.8, 4) is 0 Å². The fourth-order valence-corrected chi connectivity index (χ4v) is 2.63. The average molecular weight is 308 g/mol. The normalized spacial score (nSPS) is 18.3. The SMILES string of the molecule is COCCCNC(=O)[C@@H]1CCCN(c2cnn(C)c(=O)c2)C1. The monoisotopic (exact) mass is 308 g/mol. The molecule has 0 aliphatic carbocycles. The molecule has 0 aromatic carbocycles. The maximum absolute atomic E-state index is 12.2. The molecule has 1 saturated heterocycles. The number of carbonyl (C=O) groups is 1. The number of aromatic nitrogens is 2. The molecular formula is C15H24N4O3. The van der Waals surface area contributed by atoms with Gasteiger partial charge in [0.15, 0.2) is 0 Å². The van der Waals surface area contributed by atoms with Crippen molar-refractivity contribution in [3.05, 3.63) is 22.6 Å². The van der Waals surface area contributed by atoms with Crippen molar-refractivity contribution >= 4 is 11.6 Å². The quantitative estimate of drug-likeness (QED) is 0.757. The molecule has 0 bridgehead atoms. The topological polar surface area (TPSA) is 76.5 Å². The summed E-state index contributed by atoms with van der Waals surface area (Å²) in [6.45, 7) is 2.76. The van der Waals surface area contributed by atoms with Crippen LogP contribution in [0.25, 0.3) is 0 Å². The van der Waals surface area contributed by atoms with E-state index in [9.17, 15) is 9.59 Å². The standard InChI is InChI=1S/C15H24N4O3/c1-18-14(20)9-13(10-17-18)19-7-3-5-12(11-19)15(21)16-6-4-8-22-2/h9-10,12H,3-8,11H2,1-2H3,(H,16,21)/t12-/m1/s1. The van der Waals surface area contributed by atoms with Gasteiger partial charge < -0.3 is 15.0 Å². The Morgan fingerprint density at radius 1 is 1.55 bits per heavy atom. The van der Waals surface area contributed by atoms with Crippen LogP contribution in [-0.4, -0.2) is 49.0 Å². The van der Waals surface area contributed by atoms with E-state index in [2.05, 4.69) is 15.3 Å². The van der Waals surface area contributed by atoms with Crippen molar-refractivity contribution < 1.29 is 9.53 Å². The maximum Gasteiger partial charge on any atom is 0.268 e. The molecule has 1 aliphatic heterocycles. The third-order valence-corrected chi connectivity index (χ3v) is 3.94. The molecule has 22 heavy (non-hydrogen) atoms. The van der Waals surface area contributed by atoms with Crippen LogP contribution in [-0.2, 0) is 16.6 Å². The summed E-state index contributed by atoms with van der Waals surface area (Å²) in [6, 6.07) is 1.58. The van der Waals surface area contributed by atoms with Gasteiger partial charge in [-0.15, -0.1) is 0 Å². The molecule has 0 unspecified atom stereocenters. The molecule has 7 heteroatoms. The van der Waals surface area contributed by atoms with Crippen molar-refractivity contribution in [1.29, 1.82) is 0 Å². The third kappa shape index (κ3) is 4.30. The number of nitrogens with one attached hydrogen (secondary N) is 1. The summed E-state index contributed by atoms with van der Waals surface area (Å²) in [6.07, 6.45) is 4.31. The number of anilines is 1. The molecule has 0 spiro atoms. The first-order valence-corrected chi connectivity index (χ1v) is 7.67. The summed E-state index contributed by atoms with van der Waals surface area (Å²) in [5, 5.41) is 6.99. The molecule has 0 radical (unpaired) electrons. The number of rotatable bonds is 6.